The Morgan fingerprint density at radius 3 is 2.57 bits per heavy atom. The number of fused-ring (bicyclic) bond motifs is 1. The van der Waals surface area contributed by atoms with E-state index < -0.39 is 17.7 Å². The number of rotatable bonds is 7. The summed E-state index contributed by atoms with van der Waals surface area (Å²) in [6.07, 6.45) is 3.63. The smallest absolute Gasteiger partial charge is 0.290 e. The maximum atomic E-state index is 14.0. The normalized spacial score (nSPS) is 16.0. The lowest BCUT2D eigenvalue weighted by Gasteiger charge is -2.26. The number of unbranched alkanes of at least 4 members (excludes halogenated alkanes) is 1. The van der Waals surface area contributed by atoms with Crippen molar-refractivity contribution < 1.29 is 14.7 Å². The van der Waals surface area contributed by atoms with Gasteiger partial charge in [-0.3, -0.25) is 9.59 Å². The van der Waals surface area contributed by atoms with Crippen molar-refractivity contribution in [2.24, 2.45) is 7.05 Å². The van der Waals surface area contributed by atoms with Crippen LogP contribution < -0.4 is 0 Å². The molecule has 0 bridgehead atoms. The van der Waals surface area contributed by atoms with E-state index in [2.05, 4.69) is 11.9 Å². The molecule has 0 fully saturated rings. The van der Waals surface area contributed by atoms with Gasteiger partial charge in [0.2, 0.25) is 5.78 Å². The Bertz CT molecular complexity index is 1470. The number of para-hydroxylation sites is 1. The van der Waals surface area contributed by atoms with Gasteiger partial charge in [0.25, 0.3) is 5.91 Å². The van der Waals surface area contributed by atoms with E-state index >= 15 is 0 Å². The Morgan fingerprint density at radius 1 is 1.11 bits per heavy atom. The standard InChI is InChI=1S/C28H27N3O3S/c1-4-5-15-31-23(20-16-30(3)21-14-10-9-13-19(20)21)22(25(33)28(31)34)24(32)26-17(2)29-27(35-26)18-11-7-6-8-12-18/h6-14,16,23,33H,4-5,15H2,1-3H3. The number of thiazole rings is 1. The average Bonchev–Trinajstić information content (AvgIpc) is 3.50. The monoisotopic (exact) mass is 485 g/mol. The van der Waals surface area contributed by atoms with Crippen LogP contribution >= 0.6 is 11.3 Å². The number of aryl methyl sites for hydroxylation is 2. The Kier molecular flexibility index (Phi) is 6.03. The number of Topliss-reactive ketones (excluding diaryl/α,β-unsaturated/α-hetero) is 1. The van der Waals surface area contributed by atoms with Crippen LogP contribution in [-0.4, -0.2) is 37.8 Å². The van der Waals surface area contributed by atoms with E-state index in [1.807, 2.05) is 72.4 Å². The van der Waals surface area contributed by atoms with Gasteiger partial charge < -0.3 is 14.6 Å². The number of carbonyl (C=O) groups excluding carboxylic acids is 2. The first kappa shape index (κ1) is 23.1. The van der Waals surface area contributed by atoms with Crippen LogP contribution in [0.2, 0.25) is 0 Å². The fourth-order valence-electron chi connectivity index (χ4n) is 4.79. The zero-order valence-corrected chi connectivity index (χ0v) is 20.8. The van der Waals surface area contributed by atoms with Crippen LogP contribution in [0.4, 0.5) is 0 Å². The Labute approximate surface area is 208 Å². The number of benzene rings is 2. The first-order valence-electron chi connectivity index (χ1n) is 11.8. The summed E-state index contributed by atoms with van der Waals surface area (Å²) in [6.45, 7) is 4.31. The van der Waals surface area contributed by atoms with Crippen LogP contribution in [0.1, 0.15) is 46.7 Å². The lowest BCUT2D eigenvalue weighted by atomic mass is 9.94. The SMILES string of the molecule is CCCCN1C(=O)C(O)=C(C(=O)c2sc(-c3ccccc3)nc2C)C1c1cn(C)c2ccccc12. The maximum Gasteiger partial charge on any atom is 0.290 e. The first-order valence-corrected chi connectivity index (χ1v) is 12.6. The number of aromatic nitrogens is 2. The van der Waals surface area contributed by atoms with Crippen LogP contribution in [0.3, 0.4) is 0 Å². The lowest BCUT2D eigenvalue weighted by Crippen LogP contribution is -2.32. The number of nitrogens with zero attached hydrogens (tertiary/aromatic N) is 3. The molecule has 1 aliphatic rings. The van der Waals surface area contributed by atoms with Crippen molar-refractivity contribution in [3.63, 3.8) is 0 Å². The summed E-state index contributed by atoms with van der Waals surface area (Å²) in [5.74, 6) is -1.30. The molecule has 6 nitrogen and oxygen atoms in total. The molecule has 7 heteroatoms. The fourth-order valence-corrected chi connectivity index (χ4v) is 5.82. The third-order valence-corrected chi connectivity index (χ3v) is 7.75. The number of aliphatic hydroxyl groups excluding tert-OH is 1. The number of amides is 1. The van der Waals surface area contributed by atoms with E-state index in [0.29, 0.717) is 17.1 Å². The van der Waals surface area contributed by atoms with Gasteiger partial charge in [0.15, 0.2) is 5.76 Å². The molecule has 0 aliphatic carbocycles. The molecular weight excluding hydrogens is 458 g/mol. The van der Waals surface area contributed by atoms with Gasteiger partial charge in [0.05, 0.1) is 22.2 Å². The largest absolute Gasteiger partial charge is 0.503 e. The highest BCUT2D eigenvalue weighted by atomic mass is 32.1. The molecule has 0 saturated heterocycles. The number of carbonyl (C=O) groups is 2. The van der Waals surface area contributed by atoms with Crippen LogP contribution in [-0.2, 0) is 11.8 Å². The second-order valence-electron chi connectivity index (χ2n) is 8.86. The number of aliphatic hydroxyl groups is 1. The van der Waals surface area contributed by atoms with Crippen molar-refractivity contribution in [3.05, 3.63) is 88.3 Å². The van der Waals surface area contributed by atoms with Crippen LogP contribution in [0.25, 0.3) is 21.5 Å². The van der Waals surface area contributed by atoms with Crippen LogP contribution in [0.15, 0.2) is 72.1 Å². The minimum atomic E-state index is -0.658. The van der Waals surface area contributed by atoms with Crippen molar-refractivity contribution >= 4 is 33.9 Å². The first-order chi connectivity index (χ1) is 16.9. The van der Waals surface area contributed by atoms with Crippen molar-refractivity contribution in [1.29, 1.82) is 0 Å². The van der Waals surface area contributed by atoms with Gasteiger partial charge in [-0.25, -0.2) is 4.98 Å². The molecule has 3 heterocycles. The average molecular weight is 486 g/mol. The Hall–Kier alpha value is -3.71. The number of hydrogen-bond acceptors (Lipinski definition) is 5. The van der Waals surface area contributed by atoms with Gasteiger partial charge in [-0.05, 0) is 19.4 Å². The predicted octanol–water partition coefficient (Wildman–Crippen LogP) is 5.99. The molecule has 178 valence electrons. The molecule has 0 spiro atoms. The van der Waals surface area contributed by atoms with E-state index in [-0.39, 0.29) is 11.4 Å². The molecule has 2 aromatic heterocycles. The Balaban J connectivity index is 1.64. The molecular formula is C28H27N3O3S. The highest BCUT2D eigenvalue weighted by Crippen LogP contribution is 2.43. The predicted molar refractivity (Wildman–Crippen MR) is 139 cm³/mol. The zero-order chi connectivity index (χ0) is 24.7. The molecule has 4 aromatic rings. The second-order valence-corrected chi connectivity index (χ2v) is 9.86. The molecule has 1 atom stereocenters. The molecule has 5 rings (SSSR count). The van der Waals surface area contributed by atoms with Gasteiger partial charge in [-0.2, -0.15) is 0 Å². The number of ketones is 1. The third kappa shape index (κ3) is 3.86. The maximum absolute atomic E-state index is 14.0. The fraction of sp³-hybridized carbons (Fsp3) is 0.250. The van der Waals surface area contributed by atoms with Crippen LogP contribution in [0, 0.1) is 6.92 Å². The van der Waals surface area contributed by atoms with E-state index in [4.69, 9.17) is 0 Å². The van der Waals surface area contributed by atoms with Crippen molar-refractivity contribution in [1.82, 2.24) is 14.5 Å². The summed E-state index contributed by atoms with van der Waals surface area (Å²) >= 11 is 1.30. The number of hydrogen-bond donors (Lipinski definition) is 1. The summed E-state index contributed by atoms with van der Waals surface area (Å²) in [5, 5.41) is 12.7. The molecule has 0 radical (unpaired) electrons. The van der Waals surface area contributed by atoms with Crippen LogP contribution in [0.5, 0.6) is 0 Å². The summed E-state index contributed by atoms with van der Waals surface area (Å²) in [5.41, 5.74) is 3.49. The third-order valence-electron chi connectivity index (χ3n) is 6.55. The van der Waals surface area contributed by atoms with Gasteiger partial charge in [0.1, 0.15) is 5.01 Å². The van der Waals surface area contributed by atoms with E-state index in [1.54, 1.807) is 11.8 Å². The van der Waals surface area contributed by atoms with Crippen molar-refractivity contribution in [2.45, 2.75) is 32.7 Å². The molecule has 1 unspecified atom stereocenters. The van der Waals surface area contributed by atoms with Gasteiger partial charge in [-0.15, -0.1) is 11.3 Å². The second kappa shape index (κ2) is 9.15. The quantitative estimate of drug-likeness (QED) is 0.326. The summed E-state index contributed by atoms with van der Waals surface area (Å²) in [4.78, 5) is 33.9. The molecule has 2 aromatic carbocycles. The van der Waals surface area contributed by atoms with E-state index in [9.17, 15) is 14.7 Å². The molecule has 1 amide bonds. The minimum Gasteiger partial charge on any atom is -0.503 e. The lowest BCUT2D eigenvalue weighted by molar-refractivity contribution is -0.129. The summed E-state index contributed by atoms with van der Waals surface area (Å²) in [7, 11) is 1.95. The van der Waals surface area contributed by atoms with Crippen molar-refractivity contribution in [2.75, 3.05) is 6.54 Å². The zero-order valence-electron chi connectivity index (χ0n) is 20.0. The van der Waals surface area contributed by atoms with Gasteiger partial charge in [-0.1, -0.05) is 61.9 Å². The highest BCUT2D eigenvalue weighted by molar-refractivity contribution is 7.17. The topological polar surface area (TPSA) is 75.4 Å². The van der Waals surface area contributed by atoms with Gasteiger partial charge in [0, 0.05) is 41.8 Å². The molecule has 0 saturated carbocycles. The molecule has 1 aliphatic heterocycles. The molecule has 35 heavy (non-hydrogen) atoms. The minimum absolute atomic E-state index is 0.133. The highest BCUT2D eigenvalue weighted by Gasteiger charge is 2.45. The summed E-state index contributed by atoms with van der Waals surface area (Å²) < 4.78 is 2.00. The Morgan fingerprint density at radius 2 is 1.83 bits per heavy atom. The van der Waals surface area contributed by atoms with E-state index in [1.165, 1.54) is 11.3 Å². The summed E-state index contributed by atoms with van der Waals surface area (Å²) in [6, 6.07) is 17.0. The van der Waals surface area contributed by atoms with E-state index in [0.717, 1.165) is 39.9 Å². The molecule has 1 N–H and O–H groups in total. The van der Waals surface area contributed by atoms with Crippen molar-refractivity contribution in [3.8, 4) is 10.6 Å². The van der Waals surface area contributed by atoms with Gasteiger partial charge >= 0.3 is 0 Å².